The highest BCUT2D eigenvalue weighted by Crippen LogP contribution is 2.31. The Kier molecular flexibility index (Phi) is 6.86. The standard InChI is InChI=1S/C21H24ClFN2O2S/c1-2-20(19-4-3-5-21(22)24-19)28(26,27)18-11-14-25(15-12-18)13-10-16-6-8-17(23)9-7-16/h2-9,18,20H,1,10-15H2. The normalized spacial score (nSPS) is 17.4. The first-order chi connectivity index (χ1) is 13.4. The molecule has 28 heavy (non-hydrogen) atoms. The summed E-state index contributed by atoms with van der Waals surface area (Å²) in [7, 11) is -3.45. The first-order valence-electron chi connectivity index (χ1n) is 9.34. The summed E-state index contributed by atoms with van der Waals surface area (Å²) in [4.78, 5) is 6.43. The van der Waals surface area contributed by atoms with E-state index in [0.717, 1.165) is 31.6 Å². The van der Waals surface area contributed by atoms with Crippen LogP contribution in [-0.4, -0.2) is 43.2 Å². The number of hydrogen-bond acceptors (Lipinski definition) is 4. The largest absolute Gasteiger partial charge is 0.303 e. The van der Waals surface area contributed by atoms with E-state index < -0.39 is 20.3 Å². The molecule has 1 unspecified atom stereocenters. The van der Waals surface area contributed by atoms with Crippen molar-refractivity contribution in [2.75, 3.05) is 19.6 Å². The number of likely N-dealkylation sites (tertiary alicyclic amines) is 1. The molecule has 0 aliphatic carbocycles. The van der Waals surface area contributed by atoms with Gasteiger partial charge in [0.15, 0.2) is 9.84 Å². The fraction of sp³-hybridized carbons (Fsp3) is 0.381. The lowest BCUT2D eigenvalue weighted by Crippen LogP contribution is -2.41. The summed E-state index contributed by atoms with van der Waals surface area (Å²) in [6, 6.07) is 11.5. The quantitative estimate of drug-likeness (QED) is 0.495. The number of halogens is 2. The van der Waals surface area contributed by atoms with Crippen LogP contribution in [0.25, 0.3) is 0 Å². The van der Waals surface area contributed by atoms with Crippen LogP contribution in [0.15, 0.2) is 55.1 Å². The smallest absolute Gasteiger partial charge is 0.165 e. The molecule has 150 valence electrons. The predicted molar refractivity (Wildman–Crippen MR) is 111 cm³/mol. The molecule has 2 aromatic rings. The van der Waals surface area contributed by atoms with Crippen molar-refractivity contribution in [1.29, 1.82) is 0 Å². The van der Waals surface area contributed by atoms with E-state index in [1.807, 2.05) is 0 Å². The van der Waals surface area contributed by atoms with Crippen LogP contribution >= 0.6 is 11.6 Å². The van der Waals surface area contributed by atoms with Crippen molar-refractivity contribution in [2.24, 2.45) is 0 Å². The molecule has 1 saturated heterocycles. The molecule has 1 atom stereocenters. The molecule has 1 fully saturated rings. The van der Waals surface area contributed by atoms with Crippen LogP contribution in [0, 0.1) is 5.82 Å². The van der Waals surface area contributed by atoms with Crippen molar-refractivity contribution in [3.63, 3.8) is 0 Å². The van der Waals surface area contributed by atoms with E-state index in [1.165, 1.54) is 18.2 Å². The topological polar surface area (TPSA) is 50.3 Å². The molecule has 0 radical (unpaired) electrons. The summed E-state index contributed by atoms with van der Waals surface area (Å²) in [6.45, 7) is 5.99. The summed E-state index contributed by atoms with van der Waals surface area (Å²) in [5.74, 6) is -0.235. The van der Waals surface area contributed by atoms with Crippen LogP contribution in [0.5, 0.6) is 0 Å². The number of benzene rings is 1. The average molecular weight is 423 g/mol. The first kappa shape index (κ1) is 21.0. The molecule has 7 heteroatoms. The highest BCUT2D eigenvalue weighted by atomic mass is 35.5. The second-order valence-electron chi connectivity index (χ2n) is 7.05. The Morgan fingerprint density at radius 3 is 2.50 bits per heavy atom. The second kappa shape index (κ2) is 9.16. The minimum absolute atomic E-state index is 0.235. The van der Waals surface area contributed by atoms with Gasteiger partial charge < -0.3 is 4.90 Å². The van der Waals surface area contributed by atoms with Crippen molar-refractivity contribution in [3.8, 4) is 0 Å². The molecular weight excluding hydrogens is 399 g/mol. The summed E-state index contributed by atoms with van der Waals surface area (Å²) >= 11 is 5.93. The van der Waals surface area contributed by atoms with Crippen molar-refractivity contribution in [1.82, 2.24) is 9.88 Å². The zero-order valence-corrected chi connectivity index (χ0v) is 17.2. The third-order valence-corrected chi connectivity index (χ3v) is 7.98. The molecule has 1 aromatic carbocycles. The average Bonchev–Trinajstić information content (AvgIpc) is 2.68. The van der Waals surface area contributed by atoms with Gasteiger partial charge in [0.25, 0.3) is 0 Å². The number of sulfone groups is 1. The zero-order chi connectivity index (χ0) is 20.1. The van der Waals surface area contributed by atoms with Gasteiger partial charge in [0.1, 0.15) is 16.2 Å². The molecule has 0 amide bonds. The van der Waals surface area contributed by atoms with Crippen molar-refractivity contribution in [3.05, 3.63) is 77.3 Å². The summed E-state index contributed by atoms with van der Waals surface area (Å²) in [5.41, 5.74) is 1.50. The maximum atomic E-state index is 13.1. The highest BCUT2D eigenvalue weighted by molar-refractivity contribution is 7.92. The minimum atomic E-state index is -3.45. The predicted octanol–water partition coefficient (Wildman–Crippen LogP) is 4.22. The Morgan fingerprint density at radius 2 is 1.89 bits per heavy atom. The molecule has 0 bridgehead atoms. The Labute approximate surface area is 171 Å². The molecule has 2 heterocycles. The van der Waals surface area contributed by atoms with Crippen LogP contribution in [0.4, 0.5) is 4.39 Å². The van der Waals surface area contributed by atoms with Crippen LogP contribution in [0.2, 0.25) is 5.15 Å². The van der Waals surface area contributed by atoms with E-state index in [2.05, 4.69) is 16.5 Å². The fourth-order valence-electron chi connectivity index (χ4n) is 3.61. The minimum Gasteiger partial charge on any atom is -0.303 e. The lowest BCUT2D eigenvalue weighted by Gasteiger charge is -2.33. The van der Waals surface area contributed by atoms with E-state index in [0.29, 0.717) is 18.5 Å². The van der Waals surface area contributed by atoms with Crippen molar-refractivity contribution >= 4 is 21.4 Å². The Hall–Kier alpha value is -1.76. The molecule has 0 spiro atoms. The molecule has 1 aliphatic rings. The van der Waals surface area contributed by atoms with Gasteiger partial charge >= 0.3 is 0 Å². The van der Waals surface area contributed by atoms with Crippen LogP contribution < -0.4 is 0 Å². The molecular formula is C21H24ClFN2O2S. The van der Waals surface area contributed by atoms with Gasteiger partial charge in [-0.1, -0.05) is 35.9 Å². The first-order valence-corrected chi connectivity index (χ1v) is 11.3. The van der Waals surface area contributed by atoms with Crippen LogP contribution in [-0.2, 0) is 16.3 Å². The number of aromatic nitrogens is 1. The van der Waals surface area contributed by atoms with E-state index in [1.54, 1.807) is 30.3 Å². The third kappa shape index (κ3) is 4.99. The third-order valence-electron chi connectivity index (χ3n) is 5.23. The molecule has 4 nitrogen and oxygen atoms in total. The summed E-state index contributed by atoms with van der Waals surface area (Å²) in [5, 5.41) is -0.990. The lowest BCUT2D eigenvalue weighted by molar-refractivity contribution is 0.232. The van der Waals surface area contributed by atoms with Gasteiger partial charge in [-0.2, -0.15) is 0 Å². The number of pyridine rings is 1. The monoisotopic (exact) mass is 422 g/mol. The van der Waals surface area contributed by atoms with Gasteiger partial charge in [-0.15, -0.1) is 6.58 Å². The molecule has 1 aromatic heterocycles. The second-order valence-corrected chi connectivity index (χ2v) is 9.79. The highest BCUT2D eigenvalue weighted by Gasteiger charge is 2.36. The van der Waals surface area contributed by atoms with Crippen LogP contribution in [0.3, 0.4) is 0 Å². The van der Waals surface area contributed by atoms with Gasteiger partial charge in [0, 0.05) is 6.54 Å². The zero-order valence-electron chi connectivity index (χ0n) is 15.6. The number of hydrogen-bond donors (Lipinski definition) is 0. The Balaban J connectivity index is 1.59. The maximum Gasteiger partial charge on any atom is 0.165 e. The van der Waals surface area contributed by atoms with Gasteiger partial charge in [-0.05, 0) is 62.2 Å². The Bertz CT molecular complexity index is 910. The number of nitrogens with zero attached hydrogens (tertiary/aromatic N) is 2. The van der Waals surface area contributed by atoms with Gasteiger partial charge in [-0.3, -0.25) is 0 Å². The number of piperidine rings is 1. The molecule has 0 saturated carbocycles. The van der Waals surface area contributed by atoms with E-state index in [-0.39, 0.29) is 11.0 Å². The van der Waals surface area contributed by atoms with Gasteiger partial charge in [0.05, 0.1) is 10.9 Å². The van der Waals surface area contributed by atoms with Crippen molar-refractivity contribution < 1.29 is 12.8 Å². The number of rotatable bonds is 7. The molecule has 1 aliphatic heterocycles. The SMILES string of the molecule is C=CC(c1cccc(Cl)n1)S(=O)(=O)C1CCN(CCc2ccc(F)cc2)CC1. The van der Waals surface area contributed by atoms with Crippen molar-refractivity contribution in [2.45, 2.75) is 29.8 Å². The van der Waals surface area contributed by atoms with Gasteiger partial charge in [-0.25, -0.2) is 17.8 Å². The van der Waals surface area contributed by atoms with Crippen LogP contribution in [0.1, 0.15) is 29.3 Å². The fourth-order valence-corrected chi connectivity index (χ4v) is 5.80. The van der Waals surface area contributed by atoms with E-state index >= 15 is 0 Å². The van der Waals surface area contributed by atoms with E-state index in [9.17, 15) is 12.8 Å². The van der Waals surface area contributed by atoms with E-state index in [4.69, 9.17) is 11.6 Å². The van der Waals surface area contributed by atoms with Gasteiger partial charge in [0.2, 0.25) is 0 Å². The molecule has 3 rings (SSSR count). The molecule has 0 N–H and O–H groups in total. The maximum absolute atomic E-state index is 13.1. The lowest BCUT2D eigenvalue weighted by atomic mass is 10.1. The summed E-state index contributed by atoms with van der Waals surface area (Å²) in [6.07, 6.45) is 3.42. The Morgan fingerprint density at radius 1 is 1.21 bits per heavy atom. The summed E-state index contributed by atoms with van der Waals surface area (Å²) < 4.78 is 39.3.